The van der Waals surface area contributed by atoms with Crippen LogP contribution in [0.1, 0.15) is 51.2 Å². The Labute approximate surface area is 97.5 Å². The van der Waals surface area contributed by atoms with E-state index in [-0.39, 0.29) is 5.60 Å². The first-order chi connectivity index (χ1) is 7.33. The van der Waals surface area contributed by atoms with Crippen molar-refractivity contribution in [2.45, 2.75) is 59.7 Å². The van der Waals surface area contributed by atoms with Gasteiger partial charge in [0.1, 0.15) is 0 Å². The molecule has 0 saturated carbocycles. The third kappa shape index (κ3) is 3.62. The number of rotatable bonds is 5. The van der Waals surface area contributed by atoms with Gasteiger partial charge in [0.15, 0.2) is 0 Å². The Morgan fingerprint density at radius 3 is 1.80 bits per heavy atom. The lowest BCUT2D eigenvalue weighted by atomic mass is 9.87. The molecular weight excluding hydrogens is 188 g/mol. The van der Waals surface area contributed by atoms with Crippen molar-refractivity contribution in [1.29, 1.82) is 0 Å². The predicted octanol–water partition coefficient (Wildman–Crippen LogP) is 3.56. The summed E-state index contributed by atoms with van der Waals surface area (Å²) in [4.78, 5) is 0. The molecule has 0 N–H and O–H groups in total. The Bertz CT molecular complexity index is 299. The Hall–Kier alpha value is -0.340. The minimum absolute atomic E-state index is 0.370. The van der Waals surface area contributed by atoms with Crippen LogP contribution in [-0.4, -0.2) is 24.9 Å². The zero-order valence-corrected chi connectivity index (χ0v) is 11.3. The van der Waals surface area contributed by atoms with Crippen LogP contribution in [0, 0.1) is 0 Å². The third-order valence-corrected chi connectivity index (χ3v) is 3.24. The van der Waals surface area contributed by atoms with Gasteiger partial charge in [-0.15, -0.1) is 0 Å². The highest BCUT2D eigenvalue weighted by Crippen LogP contribution is 2.30. The first kappa shape index (κ1) is 11.2. The molecule has 0 unspecified atom stereocenters. The maximum atomic E-state index is 7.51. The predicted molar refractivity (Wildman–Crippen MR) is 65.2 cm³/mol. The molecule has 90 valence electrons. The maximum absolute atomic E-state index is 7.51. The van der Waals surface area contributed by atoms with Gasteiger partial charge in [-0.25, -0.2) is 0 Å². The van der Waals surface area contributed by atoms with Crippen LogP contribution in [0.4, 0.5) is 0 Å². The van der Waals surface area contributed by atoms with Gasteiger partial charge in [0, 0.05) is 13.7 Å². The number of hydrogen-bond donors (Lipinski definition) is 0. The van der Waals surface area contributed by atoms with Gasteiger partial charge in [-0.1, -0.05) is 0 Å². The van der Waals surface area contributed by atoms with Crippen molar-refractivity contribution >= 4 is 0 Å². The second kappa shape index (κ2) is 5.13. The molecule has 0 bridgehead atoms. The van der Waals surface area contributed by atoms with E-state index in [4.69, 9.17) is 12.2 Å². The third-order valence-electron chi connectivity index (χ3n) is 3.24. The van der Waals surface area contributed by atoms with Gasteiger partial charge in [0.05, 0.1) is 13.9 Å². The smallest absolute Gasteiger partial charge is 0.0836 e. The first-order valence-corrected chi connectivity index (χ1v) is 5.27. The SMILES string of the molecule is [2H]C([2H])(C)OC(C)(C)/C(C)=C(/C)C(C)(C)OC. The van der Waals surface area contributed by atoms with E-state index in [1.54, 1.807) is 7.11 Å². The molecule has 0 aromatic carbocycles. The van der Waals surface area contributed by atoms with Crippen molar-refractivity contribution in [2.24, 2.45) is 0 Å². The molecule has 0 heterocycles. The Morgan fingerprint density at radius 1 is 1.07 bits per heavy atom. The minimum Gasteiger partial charge on any atom is -0.374 e. The summed E-state index contributed by atoms with van der Waals surface area (Å²) in [6.07, 6.45) is 0. The molecule has 2 heteroatoms. The highest BCUT2D eigenvalue weighted by atomic mass is 16.5. The molecular formula is C13H26O2. The summed E-state index contributed by atoms with van der Waals surface area (Å²) in [5.41, 5.74) is 1.04. The summed E-state index contributed by atoms with van der Waals surface area (Å²) in [6.45, 7) is 11.4. The van der Waals surface area contributed by atoms with E-state index < -0.39 is 12.2 Å². The van der Waals surface area contributed by atoms with E-state index in [2.05, 4.69) is 0 Å². The fourth-order valence-electron chi connectivity index (χ4n) is 1.39. The molecule has 0 aromatic rings. The lowest BCUT2D eigenvalue weighted by Crippen LogP contribution is -2.32. The van der Waals surface area contributed by atoms with E-state index in [0.717, 1.165) is 11.1 Å². The lowest BCUT2D eigenvalue weighted by Gasteiger charge is -2.33. The van der Waals surface area contributed by atoms with Gasteiger partial charge in [-0.3, -0.25) is 0 Å². The van der Waals surface area contributed by atoms with Crippen LogP contribution >= 0.6 is 0 Å². The fraction of sp³-hybridized carbons (Fsp3) is 0.846. The average Bonchev–Trinajstić information content (AvgIpc) is 2.11. The second-order valence-electron chi connectivity index (χ2n) is 4.78. The van der Waals surface area contributed by atoms with Crippen molar-refractivity contribution < 1.29 is 12.2 Å². The largest absolute Gasteiger partial charge is 0.374 e. The summed E-state index contributed by atoms with van der Waals surface area (Å²) in [7, 11) is 1.67. The van der Waals surface area contributed by atoms with E-state index in [1.165, 1.54) is 6.92 Å². The van der Waals surface area contributed by atoms with Crippen LogP contribution in [0.2, 0.25) is 0 Å². The summed E-state index contributed by atoms with van der Waals surface area (Å²) in [5, 5.41) is 0. The van der Waals surface area contributed by atoms with Crippen molar-refractivity contribution in [3.05, 3.63) is 11.1 Å². The highest BCUT2D eigenvalue weighted by molar-refractivity contribution is 5.25. The molecule has 0 saturated heterocycles. The average molecular weight is 216 g/mol. The van der Waals surface area contributed by atoms with Crippen molar-refractivity contribution in [3.8, 4) is 0 Å². The summed E-state index contributed by atoms with van der Waals surface area (Å²) in [6, 6.07) is 0. The molecule has 0 fully saturated rings. The van der Waals surface area contributed by atoms with E-state index in [9.17, 15) is 0 Å². The topological polar surface area (TPSA) is 18.5 Å². The van der Waals surface area contributed by atoms with Crippen LogP contribution in [0.25, 0.3) is 0 Å². The number of hydrogen-bond acceptors (Lipinski definition) is 2. The molecule has 0 aliphatic carbocycles. The molecule has 0 aliphatic heterocycles. The standard InChI is InChI=1S/C13H26O2/c1-9-15-13(6,7)11(3)10(2)12(4,5)14-8/h9H2,1-8H3/b11-10-/i9D2. The molecule has 0 spiro atoms. The number of methoxy groups -OCH3 is 1. The Kier molecular flexibility index (Phi) is 3.81. The Morgan fingerprint density at radius 2 is 1.47 bits per heavy atom. The van der Waals surface area contributed by atoms with Crippen LogP contribution in [-0.2, 0) is 9.47 Å². The van der Waals surface area contributed by atoms with Gasteiger partial charge >= 0.3 is 0 Å². The monoisotopic (exact) mass is 216 g/mol. The zero-order chi connectivity index (χ0) is 14.1. The van der Waals surface area contributed by atoms with Crippen molar-refractivity contribution in [2.75, 3.05) is 13.7 Å². The lowest BCUT2D eigenvalue weighted by molar-refractivity contribution is 0.0110. The van der Waals surface area contributed by atoms with Gasteiger partial charge in [0.2, 0.25) is 0 Å². The fourth-order valence-corrected chi connectivity index (χ4v) is 1.39. The number of ether oxygens (including phenoxy) is 2. The summed E-state index contributed by atoms with van der Waals surface area (Å²) < 4.78 is 25.9. The van der Waals surface area contributed by atoms with Crippen LogP contribution in [0.3, 0.4) is 0 Å². The van der Waals surface area contributed by atoms with Gasteiger partial charge in [0.25, 0.3) is 0 Å². The molecule has 0 radical (unpaired) electrons. The molecule has 0 rings (SSSR count). The highest BCUT2D eigenvalue weighted by Gasteiger charge is 2.28. The molecule has 15 heavy (non-hydrogen) atoms. The first-order valence-electron chi connectivity index (χ1n) is 6.27. The summed E-state index contributed by atoms with van der Waals surface area (Å²) >= 11 is 0. The molecule has 0 aliphatic rings. The maximum Gasteiger partial charge on any atom is 0.0836 e. The molecule has 0 aromatic heterocycles. The van der Waals surface area contributed by atoms with Gasteiger partial charge < -0.3 is 9.47 Å². The minimum atomic E-state index is -1.65. The van der Waals surface area contributed by atoms with Crippen LogP contribution in [0.5, 0.6) is 0 Å². The van der Waals surface area contributed by atoms with Crippen LogP contribution < -0.4 is 0 Å². The van der Waals surface area contributed by atoms with E-state index in [0.29, 0.717) is 0 Å². The van der Waals surface area contributed by atoms with Crippen LogP contribution in [0.15, 0.2) is 11.1 Å². The van der Waals surface area contributed by atoms with Gasteiger partial charge in [-0.05, 0) is 59.6 Å². The Balaban J connectivity index is 5.27. The second-order valence-corrected chi connectivity index (χ2v) is 4.78. The van der Waals surface area contributed by atoms with E-state index >= 15 is 0 Å². The van der Waals surface area contributed by atoms with Crippen molar-refractivity contribution in [1.82, 2.24) is 0 Å². The molecule has 0 atom stereocenters. The normalized spacial score (nSPS) is 18.1. The van der Waals surface area contributed by atoms with E-state index in [1.807, 2.05) is 41.5 Å². The van der Waals surface area contributed by atoms with Gasteiger partial charge in [-0.2, -0.15) is 0 Å². The van der Waals surface area contributed by atoms with Crippen molar-refractivity contribution in [3.63, 3.8) is 0 Å². The molecule has 0 amide bonds. The quantitative estimate of drug-likeness (QED) is 0.654. The summed E-state index contributed by atoms with van der Waals surface area (Å²) in [5.74, 6) is 0. The zero-order valence-electron chi connectivity index (χ0n) is 13.3. The molecule has 2 nitrogen and oxygen atoms in total.